The molecule has 1 heteroatoms. The van der Waals surface area contributed by atoms with E-state index in [-0.39, 0.29) is 0 Å². The third-order valence-electron chi connectivity index (χ3n) is 0.906. The summed E-state index contributed by atoms with van der Waals surface area (Å²) in [5, 5.41) is 3.27. The Morgan fingerprint density at radius 2 is 2.12 bits per heavy atom. The summed E-state index contributed by atoms with van der Waals surface area (Å²) in [5.74, 6) is 0.765. The van der Waals surface area contributed by atoms with Gasteiger partial charge in [-0.1, -0.05) is 20.8 Å². The van der Waals surface area contributed by atoms with Crippen LogP contribution in [0.3, 0.4) is 0 Å². The molecule has 0 saturated heterocycles. The Morgan fingerprint density at radius 3 is 2.50 bits per heavy atom. The highest BCUT2D eigenvalue weighted by Gasteiger charge is 1.88. The molecular formula is C7H16N. The fraction of sp³-hybridized carbons (Fsp3) is 0.857. The minimum absolute atomic E-state index is 0.765. The monoisotopic (exact) mass is 114 g/mol. The molecule has 0 unspecified atom stereocenters. The molecule has 1 nitrogen and oxygen atoms in total. The van der Waals surface area contributed by atoms with Gasteiger partial charge in [-0.05, 0) is 25.4 Å². The Balaban J connectivity index is 2.72. The summed E-state index contributed by atoms with van der Waals surface area (Å²) in [6, 6.07) is 0. The first-order valence-electron chi connectivity index (χ1n) is 3.27. The highest BCUT2D eigenvalue weighted by atomic mass is 14.8. The third-order valence-corrected chi connectivity index (χ3v) is 0.906. The quantitative estimate of drug-likeness (QED) is 0.545. The van der Waals surface area contributed by atoms with E-state index in [1.54, 1.807) is 0 Å². The number of hydrogen-bond donors (Lipinski definition) is 1. The maximum absolute atomic E-state index is 3.72. The number of hydrogen-bond acceptors (Lipinski definition) is 1. The number of rotatable bonds is 4. The first-order chi connectivity index (χ1) is 3.77. The van der Waals surface area contributed by atoms with Gasteiger partial charge in [0.15, 0.2) is 0 Å². The fourth-order valence-corrected chi connectivity index (χ4v) is 0.516. The summed E-state index contributed by atoms with van der Waals surface area (Å²) in [6.07, 6.45) is 0.993. The summed E-state index contributed by atoms with van der Waals surface area (Å²) in [4.78, 5) is 0. The molecule has 0 amide bonds. The van der Waals surface area contributed by atoms with E-state index in [4.69, 9.17) is 0 Å². The van der Waals surface area contributed by atoms with Crippen LogP contribution in [0.4, 0.5) is 0 Å². The molecule has 0 heterocycles. The smallest absolute Gasteiger partial charge is 0.00258 e. The van der Waals surface area contributed by atoms with E-state index >= 15 is 0 Å². The van der Waals surface area contributed by atoms with Gasteiger partial charge >= 0.3 is 0 Å². The minimum Gasteiger partial charge on any atom is -0.316 e. The lowest BCUT2D eigenvalue weighted by atomic mass is 10.2. The Kier molecular flexibility index (Phi) is 5.08. The summed E-state index contributed by atoms with van der Waals surface area (Å²) in [6.45, 7) is 10.3. The van der Waals surface area contributed by atoms with Crippen LogP contribution in [-0.4, -0.2) is 13.1 Å². The molecule has 0 rings (SSSR count). The first kappa shape index (κ1) is 7.96. The van der Waals surface area contributed by atoms with Crippen LogP contribution in [0.15, 0.2) is 0 Å². The summed E-state index contributed by atoms with van der Waals surface area (Å²) in [5.41, 5.74) is 0. The fourth-order valence-electron chi connectivity index (χ4n) is 0.516. The van der Waals surface area contributed by atoms with Crippen LogP contribution in [0.2, 0.25) is 0 Å². The van der Waals surface area contributed by atoms with Crippen LogP contribution in [-0.2, 0) is 0 Å². The maximum atomic E-state index is 3.72. The SMILES string of the molecule is [CH2]CCNCC(C)C. The summed E-state index contributed by atoms with van der Waals surface area (Å²) >= 11 is 0. The lowest BCUT2D eigenvalue weighted by Crippen LogP contribution is -2.19. The predicted molar refractivity (Wildman–Crippen MR) is 37.7 cm³/mol. The van der Waals surface area contributed by atoms with Gasteiger partial charge in [0.2, 0.25) is 0 Å². The Hall–Kier alpha value is -0.0400. The highest BCUT2D eigenvalue weighted by molar-refractivity contribution is 4.51. The molecule has 0 spiro atoms. The van der Waals surface area contributed by atoms with Crippen LogP contribution < -0.4 is 5.32 Å². The Labute approximate surface area is 52.5 Å². The van der Waals surface area contributed by atoms with Crippen molar-refractivity contribution >= 4 is 0 Å². The molecule has 0 aromatic rings. The van der Waals surface area contributed by atoms with E-state index in [2.05, 4.69) is 26.1 Å². The second-order valence-corrected chi connectivity index (χ2v) is 2.45. The molecule has 0 aromatic carbocycles. The largest absolute Gasteiger partial charge is 0.316 e. The normalized spacial score (nSPS) is 10.5. The van der Waals surface area contributed by atoms with Crippen LogP contribution in [0, 0.1) is 12.8 Å². The summed E-state index contributed by atoms with van der Waals surface area (Å²) < 4.78 is 0. The predicted octanol–water partition coefficient (Wildman–Crippen LogP) is 1.46. The molecule has 0 bridgehead atoms. The van der Waals surface area contributed by atoms with Crippen molar-refractivity contribution in [2.45, 2.75) is 20.3 Å². The van der Waals surface area contributed by atoms with Crippen molar-refractivity contribution in [3.63, 3.8) is 0 Å². The Morgan fingerprint density at radius 1 is 1.50 bits per heavy atom. The molecule has 8 heavy (non-hydrogen) atoms. The zero-order valence-electron chi connectivity index (χ0n) is 5.91. The van der Waals surface area contributed by atoms with Crippen molar-refractivity contribution in [3.8, 4) is 0 Å². The van der Waals surface area contributed by atoms with Crippen LogP contribution in [0.5, 0.6) is 0 Å². The average molecular weight is 114 g/mol. The van der Waals surface area contributed by atoms with E-state index in [1.165, 1.54) is 0 Å². The van der Waals surface area contributed by atoms with E-state index in [9.17, 15) is 0 Å². The first-order valence-corrected chi connectivity index (χ1v) is 3.27. The van der Waals surface area contributed by atoms with Crippen molar-refractivity contribution in [2.75, 3.05) is 13.1 Å². The molecule has 0 saturated carbocycles. The maximum Gasteiger partial charge on any atom is -0.00258 e. The van der Waals surface area contributed by atoms with Gasteiger partial charge in [0, 0.05) is 0 Å². The number of nitrogens with one attached hydrogen (secondary N) is 1. The zero-order chi connectivity index (χ0) is 6.41. The van der Waals surface area contributed by atoms with Gasteiger partial charge in [-0.2, -0.15) is 0 Å². The molecule has 0 aliphatic rings. The third kappa shape index (κ3) is 5.96. The van der Waals surface area contributed by atoms with Gasteiger partial charge in [-0.3, -0.25) is 0 Å². The standard InChI is InChI=1S/C7H16N/c1-4-5-8-6-7(2)3/h7-8H,1,4-6H2,2-3H3. The minimum atomic E-state index is 0.765. The van der Waals surface area contributed by atoms with Gasteiger partial charge in [-0.15, -0.1) is 0 Å². The molecule has 0 atom stereocenters. The molecule has 0 aromatic heterocycles. The van der Waals surface area contributed by atoms with Crippen molar-refractivity contribution in [1.82, 2.24) is 5.32 Å². The van der Waals surface area contributed by atoms with Gasteiger partial charge in [0.1, 0.15) is 0 Å². The molecule has 49 valence electrons. The van der Waals surface area contributed by atoms with Crippen molar-refractivity contribution < 1.29 is 0 Å². The van der Waals surface area contributed by atoms with Gasteiger partial charge in [0.05, 0.1) is 0 Å². The van der Waals surface area contributed by atoms with Gasteiger partial charge in [0.25, 0.3) is 0 Å². The van der Waals surface area contributed by atoms with Crippen LogP contribution in [0.1, 0.15) is 20.3 Å². The van der Waals surface area contributed by atoms with Crippen LogP contribution in [0.25, 0.3) is 0 Å². The lowest BCUT2D eigenvalue weighted by Gasteiger charge is -2.03. The van der Waals surface area contributed by atoms with Gasteiger partial charge < -0.3 is 5.32 Å². The zero-order valence-corrected chi connectivity index (χ0v) is 5.91. The lowest BCUT2D eigenvalue weighted by molar-refractivity contribution is 0.556. The molecule has 0 aliphatic heterocycles. The average Bonchev–Trinajstić information content (AvgIpc) is 1.66. The molecule has 0 fully saturated rings. The van der Waals surface area contributed by atoms with E-state index in [0.717, 1.165) is 25.4 Å². The molecule has 1 radical (unpaired) electrons. The van der Waals surface area contributed by atoms with E-state index in [0.29, 0.717) is 0 Å². The molecular weight excluding hydrogens is 98.1 g/mol. The Bertz CT molecular complexity index is 41.7. The molecule has 0 aliphatic carbocycles. The summed E-state index contributed by atoms with van der Waals surface area (Å²) in [7, 11) is 0. The van der Waals surface area contributed by atoms with Crippen molar-refractivity contribution in [1.29, 1.82) is 0 Å². The van der Waals surface area contributed by atoms with Gasteiger partial charge in [-0.25, -0.2) is 0 Å². The van der Waals surface area contributed by atoms with Crippen molar-refractivity contribution in [3.05, 3.63) is 6.92 Å². The van der Waals surface area contributed by atoms with Crippen LogP contribution >= 0.6 is 0 Å². The van der Waals surface area contributed by atoms with E-state index < -0.39 is 0 Å². The van der Waals surface area contributed by atoms with Crippen molar-refractivity contribution in [2.24, 2.45) is 5.92 Å². The molecule has 1 N–H and O–H groups in total. The highest BCUT2D eigenvalue weighted by Crippen LogP contribution is 1.85. The topological polar surface area (TPSA) is 12.0 Å². The van der Waals surface area contributed by atoms with E-state index in [1.807, 2.05) is 0 Å². The second kappa shape index (κ2) is 5.10. The second-order valence-electron chi connectivity index (χ2n) is 2.45.